The first-order chi connectivity index (χ1) is 10.4. The molecule has 1 amide bonds. The van der Waals surface area contributed by atoms with Crippen molar-refractivity contribution in [3.8, 4) is 0 Å². The second-order valence-electron chi connectivity index (χ2n) is 4.86. The normalized spacial score (nSPS) is 11.4. The van der Waals surface area contributed by atoms with Gasteiger partial charge in [-0.3, -0.25) is 4.79 Å². The highest BCUT2D eigenvalue weighted by molar-refractivity contribution is 5.78. The number of hydrogen-bond acceptors (Lipinski definition) is 3. The summed E-state index contributed by atoms with van der Waals surface area (Å²) >= 11 is 0. The fourth-order valence-corrected chi connectivity index (χ4v) is 1.98. The van der Waals surface area contributed by atoms with E-state index in [0.29, 0.717) is 24.9 Å². The summed E-state index contributed by atoms with van der Waals surface area (Å²) in [6.45, 7) is 0.447. The van der Waals surface area contributed by atoms with Gasteiger partial charge < -0.3 is 9.84 Å². The van der Waals surface area contributed by atoms with Gasteiger partial charge in [-0.25, -0.2) is 0 Å². The van der Waals surface area contributed by atoms with Gasteiger partial charge in [-0.05, 0) is 24.5 Å². The average Bonchev–Trinajstić information content (AvgIpc) is 2.96. The Kier molecular flexibility index (Phi) is 5.19. The molecule has 0 saturated carbocycles. The Morgan fingerprint density at radius 1 is 1.27 bits per heavy atom. The fraction of sp³-hybridized carbons (Fsp3) is 0.333. The molecule has 0 unspecified atom stereocenters. The summed E-state index contributed by atoms with van der Waals surface area (Å²) < 4.78 is 42.4. The minimum absolute atomic E-state index is 0.0722. The van der Waals surface area contributed by atoms with Crippen molar-refractivity contribution in [1.82, 2.24) is 10.5 Å². The average molecular weight is 312 g/mol. The molecule has 0 bridgehead atoms. The van der Waals surface area contributed by atoms with Crippen molar-refractivity contribution in [2.45, 2.75) is 25.4 Å². The van der Waals surface area contributed by atoms with Gasteiger partial charge in [0.2, 0.25) is 5.91 Å². The lowest BCUT2D eigenvalue weighted by Gasteiger charge is -2.09. The number of rotatable bonds is 6. The topological polar surface area (TPSA) is 55.1 Å². The highest BCUT2D eigenvalue weighted by atomic mass is 19.4. The van der Waals surface area contributed by atoms with Gasteiger partial charge in [0, 0.05) is 12.1 Å². The van der Waals surface area contributed by atoms with Gasteiger partial charge in [0.05, 0.1) is 18.2 Å². The van der Waals surface area contributed by atoms with E-state index in [0.717, 1.165) is 17.7 Å². The molecule has 118 valence electrons. The molecule has 2 aromatic rings. The molecular weight excluding hydrogens is 297 g/mol. The predicted octanol–water partition coefficient (Wildman–Crippen LogP) is 2.98. The maximum Gasteiger partial charge on any atom is 0.416 e. The molecule has 1 aromatic heterocycles. The van der Waals surface area contributed by atoms with E-state index in [1.54, 1.807) is 6.20 Å². The summed E-state index contributed by atoms with van der Waals surface area (Å²) in [6.07, 6.45) is 0.0834. The van der Waals surface area contributed by atoms with E-state index in [-0.39, 0.29) is 12.3 Å². The number of benzene rings is 1. The quantitative estimate of drug-likeness (QED) is 0.834. The standard InChI is InChI=1S/C15H15F3N2O2/c16-15(17,18)13-5-1-3-11(7-13)8-14(21)19-6-2-4-12-9-20-22-10-12/h1,3,5,7,9-10H,2,4,6,8H2,(H,19,21). The van der Waals surface area contributed by atoms with Gasteiger partial charge in [-0.15, -0.1) is 0 Å². The third kappa shape index (κ3) is 4.91. The summed E-state index contributed by atoms with van der Waals surface area (Å²) in [5, 5.41) is 6.25. The highest BCUT2D eigenvalue weighted by Gasteiger charge is 2.30. The van der Waals surface area contributed by atoms with Crippen LogP contribution in [0.4, 0.5) is 13.2 Å². The molecule has 7 heteroatoms. The van der Waals surface area contributed by atoms with Crippen LogP contribution in [-0.2, 0) is 23.8 Å². The molecule has 0 fully saturated rings. The third-order valence-electron chi connectivity index (χ3n) is 3.07. The van der Waals surface area contributed by atoms with Crippen LogP contribution in [-0.4, -0.2) is 17.6 Å². The second kappa shape index (κ2) is 7.11. The van der Waals surface area contributed by atoms with Crippen molar-refractivity contribution >= 4 is 5.91 Å². The van der Waals surface area contributed by atoms with Gasteiger partial charge >= 0.3 is 6.18 Å². The van der Waals surface area contributed by atoms with E-state index >= 15 is 0 Å². The first-order valence-corrected chi connectivity index (χ1v) is 6.76. The summed E-state index contributed by atoms with van der Waals surface area (Å²) in [4.78, 5) is 11.7. The molecule has 1 aromatic carbocycles. The number of carbonyl (C=O) groups is 1. The Hall–Kier alpha value is -2.31. The van der Waals surface area contributed by atoms with Crippen LogP contribution in [0.3, 0.4) is 0 Å². The van der Waals surface area contributed by atoms with Gasteiger partial charge in [0.25, 0.3) is 0 Å². The first kappa shape index (κ1) is 16.1. The van der Waals surface area contributed by atoms with Gasteiger partial charge in [0.1, 0.15) is 6.26 Å². The van der Waals surface area contributed by atoms with Crippen molar-refractivity contribution in [1.29, 1.82) is 0 Å². The SMILES string of the molecule is O=C(Cc1cccc(C(F)(F)F)c1)NCCCc1cnoc1. The number of aryl methyl sites for hydroxylation is 1. The van der Waals surface area contributed by atoms with Crippen LogP contribution < -0.4 is 5.32 Å². The van der Waals surface area contributed by atoms with Crippen molar-refractivity contribution in [3.63, 3.8) is 0 Å². The van der Waals surface area contributed by atoms with E-state index in [1.807, 2.05) is 0 Å². The summed E-state index contributed by atoms with van der Waals surface area (Å²) in [5.74, 6) is -0.301. The smallest absolute Gasteiger partial charge is 0.364 e. The number of nitrogens with zero attached hydrogens (tertiary/aromatic N) is 1. The number of alkyl halides is 3. The fourth-order valence-electron chi connectivity index (χ4n) is 1.98. The molecule has 1 N–H and O–H groups in total. The molecule has 1 heterocycles. The molecule has 22 heavy (non-hydrogen) atoms. The Labute approximate surface area is 125 Å². The number of hydrogen-bond donors (Lipinski definition) is 1. The second-order valence-corrected chi connectivity index (χ2v) is 4.86. The van der Waals surface area contributed by atoms with E-state index in [9.17, 15) is 18.0 Å². The zero-order chi connectivity index (χ0) is 16.0. The molecule has 0 atom stereocenters. The maximum atomic E-state index is 12.6. The number of amides is 1. The summed E-state index contributed by atoms with van der Waals surface area (Å²) in [7, 11) is 0. The zero-order valence-electron chi connectivity index (χ0n) is 11.7. The van der Waals surface area contributed by atoms with Crippen LogP contribution in [0.25, 0.3) is 0 Å². The number of nitrogens with one attached hydrogen (secondary N) is 1. The molecule has 4 nitrogen and oxygen atoms in total. The summed E-state index contributed by atoms with van der Waals surface area (Å²) in [6, 6.07) is 4.79. The minimum Gasteiger partial charge on any atom is -0.364 e. The number of carbonyl (C=O) groups excluding carboxylic acids is 1. The molecular formula is C15H15F3N2O2. The Morgan fingerprint density at radius 3 is 2.77 bits per heavy atom. The van der Waals surface area contributed by atoms with Crippen molar-refractivity contribution in [2.24, 2.45) is 0 Å². The molecule has 0 aliphatic rings. The lowest BCUT2D eigenvalue weighted by Crippen LogP contribution is -2.26. The first-order valence-electron chi connectivity index (χ1n) is 6.76. The van der Waals surface area contributed by atoms with Gasteiger partial charge in [0.15, 0.2) is 0 Å². The highest BCUT2D eigenvalue weighted by Crippen LogP contribution is 2.29. The molecule has 0 aliphatic carbocycles. The van der Waals surface area contributed by atoms with E-state index in [4.69, 9.17) is 0 Å². The molecule has 0 saturated heterocycles. The third-order valence-corrected chi connectivity index (χ3v) is 3.07. The summed E-state index contributed by atoms with van der Waals surface area (Å²) in [5.41, 5.74) is 0.531. The van der Waals surface area contributed by atoms with E-state index in [1.165, 1.54) is 18.4 Å². The van der Waals surface area contributed by atoms with Crippen LogP contribution in [0.15, 0.2) is 41.2 Å². The van der Waals surface area contributed by atoms with Gasteiger partial charge in [-0.2, -0.15) is 13.2 Å². The maximum absolute atomic E-state index is 12.6. The van der Waals surface area contributed by atoms with Crippen molar-refractivity contribution in [2.75, 3.05) is 6.54 Å². The molecule has 0 radical (unpaired) electrons. The van der Waals surface area contributed by atoms with Crippen LogP contribution in [0.1, 0.15) is 23.1 Å². The Balaban J connectivity index is 1.77. The minimum atomic E-state index is -4.40. The van der Waals surface area contributed by atoms with Crippen LogP contribution >= 0.6 is 0 Å². The largest absolute Gasteiger partial charge is 0.416 e. The Morgan fingerprint density at radius 2 is 2.09 bits per heavy atom. The monoisotopic (exact) mass is 312 g/mol. The van der Waals surface area contributed by atoms with E-state index in [2.05, 4.69) is 15.0 Å². The van der Waals surface area contributed by atoms with Crippen LogP contribution in [0, 0.1) is 0 Å². The van der Waals surface area contributed by atoms with Crippen molar-refractivity contribution in [3.05, 3.63) is 53.4 Å². The lowest BCUT2D eigenvalue weighted by atomic mass is 10.1. The molecule has 2 rings (SSSR count). The van der Waals surface area contributed by atoms with Crippen molar-refractivity contribution < 1.29 is 22.5 Å². The van der Waals surface area contributed by atoms with Crippen LogP contribution in [0.2, 0.25) is 0 Å². The molecule has 0 aliphatic heterocycles. The zero-order valence-corrected chi connectivity index (χ0v) is 11.7. The van der Waals surface area contributed by atoms with Crippen LogP contribution in [0.5, 0.6) is 0 Å². The number of aromatic nitrogens is 1. The van der Waals surface area contributed by atoms with E-state index < -0.39 is 11.7 Å². The lowest BCUT2D eigenvalue weighted by molar-refractivity contribution is -0.137. The number of halogens is 3. The predicted molar refractivity (Wildman–Crippen MR) is 73.0 cm³/mol. The molecule has 0 spiro atoms. The van der Waals surface area contributed by atoms with Gasteiger partial charge in [-0.1, -0.05) is 23.4 Å². The Bertz CT molecular complexity index is 610.